The quantitative estimate of drug-likeness (QED) is 0.477. The van der Waals surface area contributed by atoms with Crippen molar-refractivity contribution < 1.29 is 9.53 Å². The molecule has 0 aromatic heterocycles. The Balaban J connectivity index is 3.76. The summed E-state index contributed by atoms with van der Waals surface area (Å²) in [6.07, 6.45) is 4.06. The molecule has 0 bridgehead atoms. The van der Waals surface area contributed by atoms with E-state index < -0.39 is 0 Å². The fraction of sp³-hybridized carbons (Fsp3) is 0.700. The molecule has 0 aliphatic rings. The highest BCUT2D eigenvalue weighted by atomic mass is 16.5. The third-order valence-corrected chi connectivity index (χ3v) is 1.84. The van der Waals surface area contributed by atoms with Gasteiger partial charge in [-0.25, -0.2) is 0 Å². The fourth-order valence-corrected chi connectivity index (χ4v) is 1.10. The third kappa shape index (κ3) is 5.42. The van der Waals surface area contributed by atoms with Crippen LogP contribution in [0, 0.1) is 5.92 Å². The molecule has 0 fully saturated rings. The van der Waals surface area contributed by atoms with Crippen molar-refractivity contribution in [3.63, 3.8) is 0 Å². The van der Waals surface area contributed by atoms with E-state index in [2.05, 4.69) is 15.7 Å². The first-order chi connectivity index (χ1) is 6.11. The molecule has 3 nitrogen and oxygen atoms in total. The van der Waals surface area contributed by atoms with Gasteiger partial charge in [-0.3, -0.25) is 4.79 Å². The van der Waals surface area contributed by atoms with E-state index in [-0.39, 0.29) is 11.9 Å². The maximum Gasteiger partial charge on any atom is 0.309 e. The molecular formula is C10H19NO2. The van der Waals surface area contributed by atoms with E-state index in [1.165, 1.54) is 7.11 Å². The number of allylic oxidation sites excluding steroid dienone is 1. The maximum atomic E-state index is 11.1. The Hall–Kier alpha value is -0.830. The van der Waals surface area contributed by atoms with Crippen molar-refractivity contribution in [2.75, 3.05) is 27.2 Å². The molecular weight excluding hydrogens is 166 g/mol. The topological polar surface area (TPSA) is 29.5 Å². The molecule has 0 N–H and O–H groups in total. The number of rotatable bonds is 5. The van der Waals surface area contributed by atoms with Crippen LogP contribution in [0.25, 0.3) is 0 Å². The molecule has 0 saturated heterocycles. The van der Waals surface area contributed by atoms with Gasteiger partial charge in [0.25, 0.3) is 0 Å². The van der Waals surface area contributed by atoms with Crippen molar-refractivity contribution in [2.45, 2.75) is 13.8 Å². The minimum atomic E-state index is -0.146. The average molecular weight is 185 g/mol. The summed E-state index contributed by atoms with van der Waals surface area (Å²) in [5.41, 5.74) is 0. The Kier molecular flexibility index (Phi) is 6.24. The Morgan fingerprint density at radius 1 is 1.62 bits per heavy atom. The van der Waals surface area contributed by atoms with Gasteiger partial charge in [-0.15, -0.1) is 0 Å². The predicted octanol–water partition coefficient (Wildman–Crippen LogP) is 1.30. The second-order valence-electron chi connectivity index (χ2n) is 3.21. The minimum absolute atomic E-state index is 0.0553. The van der Waals surface area contributed by atoms with Crippen LogP contribution >= 0.6 is 0 Å². The summed E-state index contributed by atoms with van der Waals surface area (Å²) in [6, 6.07) is 0. The van der Waals surface area contributed by atoms with Crippen molar-refractivity contribution in [2.24, 2.45) is 5.92 Å². The predicted molar refractivity (Wildman–Crippen MR) is 53.5 cm³/mol. The number of esters is 1. The second kappa shape index (κ2) is 6.66. The van der Waals surface area contributed by atoms with Gasteiger partial charge in [-0.2, -0.15) is 0 Å². The molecule has 76 valence electrons. The lowest BCUT2D eigenvalue weighted by Crippen LogP contribution is -2.29. The van der Waals surface area contributed by atoms with Crippen molar-refractivity contribution in [3.8, 4) is 0 Å². The van der Waals surface area contributed by atoms with Crippen LogP contribution in [0.5, 0.6) is 0 Å². The monoisotopic (exact) mass is 185 g/mol. The summed E-state index contributed by atoms with van der Waals surface area (Å²) in [6.45, 7) is 5.46. The number of nitrogens with zero attached hydrogens (tertiary/aromatic N) is 1. The first kappa shape index (κ1) is 12.2. The molecule has 0 aromatic rings. The minimum Gasteiger partial charge on any atom is -0.469 e. The molecule has 0 aromatic carbocycles. The van der Waals surface area contributed by atoms with E-state index in [0.29, 0.717) is 0 Å². The molecule has 13 heavy (non-hydrogen) atoms. The number of hydrogen-bond donors (Lipinski definition) is 0. The Morgan fingerprint density at radius 2 is 2.23 bits per heavy atom. The van der Waals surface area contributed by atoms with Crippen molar-refractivity contribution in [1.82, 2.24) is 4.90 Å². The van der Waals surface area contributed by atoms with E-state index >= 15 is 0 Å². The number of hydrogen-bond acceptors (Lipinski definition) is 3. The highest BCUT2D eigenvalue weighted by Gasteiger charge is 2.14. The molecule has 0 aliphatic heterocycles. The van der Waals surface area contributed by atoms with E-state index in [4.69, 9.17) is 0 Å². The first-order valence-corrected chi connectivity index (χ1v) is 4.49. The first-order valence-electron chi connectivity index (χ1n) is 4.49. The largest absolute Gasteiger partial charge is 0.469 e. The second-order valence-corrected chi connectivity index (χ2v) is 3.21. The summed E-state index contributed by atoms with van der Waals surface area (Å²) in [7, 11) is 3.41. The highest BCUT2D eigenvalue weighted by Crippen LogP contribution is 2.00. The van der Waals surface area contributed by atoms with E-state index in [0.717, 1.165) is 13.1 Å². The van der Waals surface area contributed by atoms with Gasteiger partial charge in [0, 0.05) is 13.1 Å². The standard InChI is InChI=1S/C10H19NO2/c1-5-6-7-11(3)8-9(2)10(12)13-4/h5-6,9H,7-8H2,1-4H3. The van der Waals surface area contributed by atoms with Crippen LogP contribution in [0.4, 0.5) is 0 Å². The van der Waals surface area contributed by atoms with E-state index in [1.807, 2.05) is 27.0 Å². The molecule has 0 aliphatic carbocycles. The Morgan fingerprint density at radius 3 is 2.69 bits per heavy atom. The number of likely N-dealkylation sites (N-methyl/N-ethyl adjacent to an activating group) is 1. The normalized spacial score (nSPS) is 13.6. The zero-order chi connectivity index (χ0) is 10.3. The lowest BCUT2D eigenvalue weighted by Gasteiger charge is -2.17. The smallest absolute Gasteiger partial charge is 0.309 e. The molecule has 1 unspecified atom stereocenters. The fourth-order valence-electron chi connectivity index (χ4n) is 1.10. The van der Waals surface area contributed by atoms with Crippen LogP contribution < -0.4 is 0 Å². The number of carbonyl (C=O) groups is 1. The van der Waals surface area contributed by atoms with Crippen molar-refractivity contribution in [3.05, 3.63) is 12.2 Å². The summed E-state index contributed by atoms with van der Waals surface area (Å²) in [5, 5.41) is 0. The van der Waals surface area contributed by atoms with Gasteiger partial charge in [-0.1, -0.05) is 19.1 Å². The van der Waals surface area contributed by atoms with E-state index in [9.17, 15) is 4.79 Å². The number of carbonyl (C=O) groups excluding carboxylic acids is 1. The van der Waals surface area contributed by atoms with Gasteiger partial charge in [0.15, 0.2) is 0 Å². The number of ether oxygens (including phenoxy) is 1. The Labute approximate surface area is 80.4 Å². The average Bonchev–Trinajstić information content (AvgIpc) is 2.13. The van der Waals surface area contributed by atoms with Crippen LogP contribution in [-0.4, -0.2) is 38.1 Å². The zero-order valence-corrected chi connectivity index (χ0v) is 8.91. The van der Waals surface area contributed by atoms with Gasteiger partial charge in [0.1, 0.15) is 0 Å². The molecule has 1 atom stereocenters. The molecule has 3 heteroatoms. The molecule has 0 radical (unpaired) electrons. The number of methoxy groups -OCH3 is 1. The van der Waals surface area contributed by atoms with Crippen molar-refractivity contribution in [1.29, 1.82) is 0 Å². The maximum absolute atomic E-state index is 11.1. The van der Waals surface area contributed by atoms with E-state index in [1.54, 1.807) is 0 Å². The lowest BCUT2D eigenvalue weighted by molar-refractivity contribution is -0.145. The van der Waals surface area contributed by atoms with Crippen LogP contribution in [0.15, 0.2) is 12.2 Å². The molecule has 0 heterocycles. The molecule has 0 rings (SSSR count). The summed E-state index contributed by atoms with van der Waals surface area (Å²) in [5.74, 6) is -0.201. The molecule has 0 spiro atoms. The van der Waals surface area contributed by atoms with Crippen LogP contribution in [0.1, 0.15) is 13.8 Å². The van der Waals surface area contributed by atoms with Crippen LogP contribution in [0.3, 0.4) is 0 Å². The summed E-state index contributed by atoms with van der Waals surface area (Å²) >= 11 is 0. The van der Waals surface area contributed by atoms with Gasteiger partial charge in [-0.05, 0) is 14.0 Å². The zero-order valence-electron chi connectivity index (χ0n) is 8.91. The Bertz CT molecular complexity index is 178. The van der Waals surface area contributed by atoms with Crippen molar-refractivity contribution >= 4 is 5.97 Å². The van der Waals surface area contributed by atoms with Crippen LogP contribution in [0.2, 0.25) is 0 Å². The third-order valence-electron chi connectivity index (χ3n) is 1.84. The van der Waals surface area contributed by atoms with Gasteiger partial charge in [0.05, 0.1) is 13.0 Å². The van der Waals surface area contributed by atoms with Gasteiger partial charge >= 0.3 is 5.97 Å². The highest BCUT2D eigenvalue weighted by molar-refractivity contribution is 5.72. The SMILES string of the molecule is CC=CCN(C)CC(C)C(=O)OC. The molecule has 0 amide bonds. The lowest BCUT2D eigenvalue weighted by atomic mass is 10.2. The summed E-state index contributed by atoms with van der Waals surface area (Å²) < 4.78 is 4.63. The molecule has 0 saturated carbocycles. The van der Waals surface area contributed by atoms with Gasteiger partial charge in [0.2, 0.25) is 0 Å². The van der Waals surface area contributed by atoms with Gasteiger partial charge < -0.3 is 9.64 Å². The summed E-state index contributed by atoms with van der Waals surface area (Å²) in [4.78, 5) is 13.1. The van der Waals surface area contributed by atoms with Crippen LogP contribution in [-0.2, 0) is 9.53 Å².